The molecule has 0 atom stereocenters. The Labute approximate surface area is 106 Å². The van der Waals surface area contributed by atoms with Crippen LogP contribution in [0, 0.1) is 0 Å². The maximum Gasteiger partial charge on any atom is 0.242 e. The van der Waals surface area contributed by atoms with Crippen molar-refractivity contribution in [1.82, 2.24) is 10.2 Å². The molecular weight excluding hydrogens is 228 g/mol. The van der Waals surface area contributed by atoms with Crippen LogP contribution in [0.1, 0.15) is 17.5 Å². The third-order valence-electron chi connectivity index (χ3n) is 3.81. The maximum absolute atomic E-state index is 12.0. The first kappa shape index (κ1) is 11.3. The van der Waals surface area contributed by atoms with Gasteiger partial charge in [0.2, 0.25) is 11.8 Å². The van der Waals surface area contributed by atoms with Gasteiger partial charge in [-0.3, -0.25) is 9.59 Å². The first-order chi connectivity index (χ1) is 8.74. The molecule has 18 heavy (non-hydrogen) atoms. The molecule has 1 aromatic carbocycles. The predicted molar refractivity (Wildman–Crippen MR) is 67.0 cm³/mol. The first-order valence-corrected chi connectivity index (χ1v) is 6.37. The Kier molecular flexibility index (Phi) is 2.78. The summed E-state index contributed by atoms with van der Waals surface area (Å²) < 4.78 is 0. The number of nitrogens with zero attached hydrogens (tertiary/aromatic N) is 1. The standard InChI is InChI=1S/C14H16N2O2/c17-13-5-6-16(14(18)9-15-13)12-7-10-3-1-2-4-11(10)8-12/h1-4,12H,5-9H2,(H,15,17). The molecule has 1 N–H and O–H groups in total. The smallest absolute Gasteiger partial charge is 0.242 e. The van der Waals surface area contributed by atoms with E-state index in [1.807, 2.05) is 17.0 Å². The Bertz CT molecular complexity index is 473. The summed E-state index contributed by atoms with van der Waals surface area (Å²) in [5.41, 5.74) is 2.66. The second-order valence-electron chi connectivity index (χ2n) is 4.94. The highest BCUT2D eigenvalue weighted by Crippen LogP contribution is 2.25. The van der Waals surface area contributed by atoms with Crippen LogP contribution in [0.5, 0.6) is 0 Å². The van der Waals surface area contributed by atoms with Crippen molar-refractivity contribution < 1.29 is 9.59 Å². The summed E-state index contributed by atoms with van der Waals surface area (Å²) in [5, 5.41) is 2.64. The molecule has 1 saturated heterocycles. The van der Waals surface area contributed by atoms with Crippen LogP contribution in [-0.2, 0) is 22.4 Å². The minimum absolute atomic E-state index is 0.0265. The highest BCUT2D eigenvalue weighted by Gasteiger charge is 2.31. The maximum atomic E-state index is 12.0. The van der Waals surface area contributed by atoms with Crippen molar-refractivity contribution in [2.45, 2.75) is 25.3 Å². The molecule has 1 aromatic rings. The van der Waals surface area contributed by atoms with E-state index in [0.29, 0.717) is 13.0 Å². The van der Waals surface area contributed by atoms with Crippen molar-refractivity contribution in [3.63, 3.8) is 0 Å². The first-order valence-electron chi connectivity index (χ1n) is 6.37. The van der Waals surface area contributed by atoms with Crippen LogP contribution in [0.25, 0.3) is 0 Å². The molecule has 0 radical (unpaired) electrons. The number of benzene rings is 1. The lowest BCUT2D eigenvalue weighted by atomic mass is 10.1. The molecule has 1 heterocycles. The van der Waals surface area contributed by atoms with E-state index in [1.165, 1.54) is 11.1 Å². The zero-order valence-electron chi connectivity index (χ0n) is 10.2. The van der Waals surface area contributed by atoms with E-state index >= 15 is 0 Å². The van der Waals surface area contributed by atoms with Crippen LogP contribution in [0.2, 0.25) is 0 Å². The van der Waals surface area contributed by atoms with E-state index in [2.05, 4.69) is 17.4 Å². The average Bonchev–Trinajstić information content (AvgIpc) is 2.72. The van der Waals surface area contributed by atoms with Crippen molar-refractivity contribution in [3.8, 4) is 0 Å². The van der Waals surface area contributed by atoms with E-state index in [4.69, 9.17) is 0 Å². The fourth-order valence-corrected chi connectivity index (χ4v) is 2.85. The van der Waals surface area contributed by atoms with Crippen LogP contribution in [0.3, 0.4) is 0 Å². The Morgan fingerprint density at radius 1 is 1.11 bits per heavy atom. The Hall–Kier alpha value is -1.84. The average molecular weight is 244 g/mol. The van der Waals surface area contributed by atoms with Crippen molar-refractivity contribution >= 4 is 11.8 Å². The fourth-order valence-electron chi connectivity index (χ4n) is 2.85. The molecule has 94 valence electrons. The molecule has 0 unspecified atom stereocenters. The van der Waals surface area contributed by atoms with Gasteiger partial charge in [0.15, 0.2) is 0 Å². The molecule has 2 amide bonds. The van der Waals surface area contributed by atoms with Crippen LogP contribution >= 0.6 is 0 Å². The lowest BCUT2D eigenvalue weighted by Crippen LogP contribution is -2.43. The number of rotatable bonds is 1. The second-order valence-corrected chi connectivity index (χ2v) is 4.94. The van der Waals surface area contributed by atoms with Gasteiger partial charge in [0.05, 0.1) is 6.54 Å². The summed E-state index contributed by atoms with van der Waals surface area (Å²) in [4.78, 5) is 25.2. The highest BCUT2D eigenvalue weighted by molar-refractivity contribution is 5.87. The van der Waals surface area contributed by atoms with Crippen molar-refractivity contribution in [2.75, 3.05) is 13.1 Å². The molecule has 4 heteroatoms. The van der Waals surface area contributed by atoms with E-state index in [-0.39, 0.29) is 24.4 Å². The van der Waals surface area contributed by atoms with Gasteiger partial charge in [0.25, 0.3) is 0 Å². The van der Waals surface area contributed by atoms with Crippen LogP contribution in [0.15, 0.2) is 24.3 Å². The topological polar surface area (TPSA) is 49.4 Å². The van der Waals surface area contributed by atoms with Crippen molar-refractivity contribution in [3.05, 3.63) is 35.4 Å². The molecule has 0 spiro atoms. The molecule has 4 nitrogen and oxygen atoms in total. The van der Waals surface area contributed by atoms with Gasteiger partial charge < -0.3 is 10.2 Å². The number of hydrogen-bond donors (Lipinski definition) is 1. The largest absolute Gasteiger partial charge is 0.347 e. The molecule has 0 saturated carbocycles. The van der Waals surface area contributed by atoms with Gasteiger partial charge in [-0.25, -0.2) is 0 Å². The van der Waals surface area contributed by atoms with Crippen molar-refractivity contribution in [2.24, 2.45) is 0 Å². The van der Waals surface area contributed by atoms with Crippen LogP contribution in [0.4, 0.5) is 0 Å². The van der Waals surface area contributed by atoms with Gasteiger partial charge >= 0.3 is 0 Å². The molecule has 1 aliphatic heterocycles. The van der Waals surface area contributed by atoms with Crippen LogP contribution < -0.4 is 5.32 Å². The SMILES string of the molecule is O=C1CCN(C2Cc3ccccc3C2)C(=O)CN1. The van der Waals surface area contributed by atoms with Gasteiger partial charge in [-0.2, -0.15) is 0 Å². The van der Waals surface area contributed by atoms with E-state index in [1.54, 1.807) is 0 Å². The monoisotopic (exact) mass is 244 g/mol. The normalized spacial score (nSPS) is 20.6. The van der Waals surface area contributed by atoms with E-state index in [9.17, 15) is 9.59 Å². The lowest BCUT2D eigenvalue weighted by Gasteiger charge is -2.26. The molecule has 1 aliphatic carbocycles. The van der Waals surface area contributed by atoms with Gasteiger partial charge in [-0.05, 0) is 24.0 Å². The highest BCUT2D eigenvalue weighted by atomic mass is 16.2. The predicted octanol–water partition coefficient (Wildman–Crippen LogP) is 0.502. The quantitative estimate of drug-likeness (QED) is 0.782. The Morgan fingerprint density at radius 3 is 2.44 bits per heavy atom. The number of fused-ring (bicyclic) bond motifs is 1. The summed E-state index contributed by atoms with van der Waals surface area (Å²) >= 11 is 0. The van der Waals surface area contributed by atoms with Gasteiger partial charge in [0, 0.05) is 19.0 Å². The Balaban J connectivity index is 1.77. The van der Waals surface area contributed by atoms with Gasteiger partial charge in [0.1, 0.15) is 0 Å². The lowest BCUT2D eigenvalue weighted by molar-refractivity contribution is -0.132. The van der Waals surface area contributed by atoms with E-state index < -0.39 is 0 Å². The molecule has 0 aromatic heterocycles. The Morgan fingerprint density at radius 2 is 1.78 bits per heavy atom. The second kappa shape index (κ2) is 4.44. The zero-order chi connectivity index (χ0) is 12.5. The zero-order valence-corrected chi connectivity index (χ0v) is 10.2. The molecular formula is C14H16N2O2. The third kappa shape index (κ3) is 1.98. The fraction of sp³-hybridized carbons (Fsp3) is 0.429. The third-order valence-corrected chi connectivity index (χ3v) is 3.81. The molecule has 3 rings (SSSR count). The minimum Gasteiger partial charge on any atom is -0.347 e. The van der Waals surface area contributed by atoms with E-state index in [0.717, 1.165) is 12.8 Å². The summed E-state index contributed by atoms with van der Waals surface area (Å²) in [6.07, 6.45) is 2.24. The molecule has 1 fully saturated rings. The van der Waals surface area contributed by atoms with Crippen molar-refractivity contribution in [1.29, 1.82) is 0 Å². The molecule has 0 bridgehead atoms. The summed E-state index contributed by atoms with van der Waals surface area (Å²) in [6.45, 7) is 0.689. The summed E-state index contributed by atoms with van der Waals surface area (Å²) in [7, 11) is 0. The van der Waals surface area contributed by atoms with Gasteiger partial charge in [-0.1, -0.05) is 24.3 Å². The minimum atomic E-state index is -0.0265. The molecule has 2 aliphatic rings. The summed E-state index contributed by atoms with van der Waals surface area (Å²) in [6, 6.07) is 8.55. The number of carbonyl (C=O) groups is 2. The van der Waals surface area contributed by atoms with Gasteiger partial charge in [-0.15, -0.1) is 0 Å². The number of hydrogen-bond acceptors (Lipinski definition) is 2. The number of nitrogens with one attached hydrogen (secondary N) is 1. The number of amides is 2. The number of carbonyl (C=O) groups excluding carboxylic acids is 2. The summed E-state index contributed by atoms with van der Waals surface area (Å²) in [5.74, 6) is 0.0139. The van der Waals surface area contributed by atoms with Crippen LogP contribution in [-0.4, -0.2) is 35.8 Å².